The van der Waals surface area contributed by atoms with Crippen molar-refractivity contribution in [1.29, 1.82) is 0 Å². The number of hydrogen-bond donors (Lipinski definition) is 2. The van der Waals surface area contributed by atoms with Crippen molar-refractivity contribution in [2.24, 2.45) is 0 Å². The van der Waals surface area contributed by atoms with Crippen LogP contribution in [0, 0.1) is 6.92 Å². The normalized spacial score (nSPS) is 15.6. The van der Waals surface area contributed by atoms with Crippen LogP contribution in [0.5, 0.6) is 0 Å². The van der Waals surface area contributed by atoms with Crippen molar-refractivity contribution < 1.29 is 0 Å². The van der Waals surface area contributed by atoms with Crippen molar-refractivity contribution in [3.8, 4) is 0 Å². The summed E-state index contributed by atoms with van der Waals surface area (Å²) in [5.74, 6) is 1.04. The first-order chi connectivity index (χ1) is 8.24. The average Bonchev–Trinajstić information content (AvgIpc) is 3.03. The van der Waals surface area contributed by atoms with Gasteiger partial charge in [0, 0.05) is 24.0 Å². The first-order valence-electron chi connectivity index (χ1n) is 6.11. The quantitative estimate of drug-likeness (QED) is 0.875. The van der Waals surface area contributed by atoms with Gasteiger partial charge in [-0.25, -0.2) is 4.98 Å². The predicted octanol–water partition coefficient (Wildman–Crippen LogP) is 2.82. The van der Waals surface area contributed by atoms with Crippen molar-refractivity contribution >= 4 is 22.6 Å². The number of imidazole rings is 1. The number of aromatic nitrogens is 2. The van der Waals surface area contributed by atoms with Gasteiger partial charge in [-0.2, -0.15) is 0 Å². The molecule has 1 fully saturated rings. The second-order valence-electron chi connectivity index (χ2n) is 4.73. The van der Waals surface area contributed by atoms with Crippen molar-refractivity contribution in [2.75, 3.05) is 6.54 Å². The van der Waals surface area contributed by atoms with Crippen LogP contribution in [0.2, 0.25) is 5.02 Å². The Kier molecular flexibility index (Phi) is 2.81. The average molecular weight is 250 g/mol. The predicted molar refractivity (Wildman–Crippen MR) is 70.6 cm³/mol. The third-order valence-electron chi connectivity index (χ3n) is 3.26. The zero-order chi connectivity index (χ0) is 11.8. The molecule has 90 valence electrons. The Morgan fingerprint density at radius 3 is 3.06 bits per heavy atom. The van der Waals surface area contributed by atoms with E-state index in [0.29, 0.717) is 0 Å². The molecule has 2 aromatic rings. The molecule has 17 heavy (non-hydrogen) atoms. The van der Waals surface area contributed by atoms with Crippen molar-refractivity contribution in [3.63, 3.8) is 0 Å². The summed E-state index contributed by atoms with van der Waals surface area (Å²) in [6, 6.07) is 4.68. The van der Waals surface area contributed by atoms with E-state index in [1.54, 1.807) is 0 Å². The van der Waals surface area contributed by atoms with E-state index in [-0.39, 0.29) is 0 Å². The zero-order valence-electron chi connectivity index (χ0n) is 9.89. The minimum absolute atomic E-state index is 0.760. The molecule has 0 radical (unpaired) electrons. The standard InChI is InChI=1S/C13H16ClN3/c1-8-10(14)4-5-11-13(8)17-12(16-11)6-7-15-9-2-3-9/h4-5,9,15H,2-3,6-7H2,1H3,(H,16,17). The highest BCUT2D eigenvalue weighted by Crippen LogP contribution is 2.23. The number of benzene rings is 1. The number of fused-ring (bicyclic) bond motifs is 1. The lowest BCUT2D eigenvalue weighted by atomic mass is 10.2. The Bertz CT molecular complexity index is 543. The molecule has 1 saturated carbocycles. The van der Waals surface area contributed by atoms with E-state index in [9.17, 15) is 0 Å². The van der Waals surface area contributed by atoms with E-state index in [0.717, 1.165) is 46.5 Å². The summed E-state index contributed by atoms with van der Waals surface area (Å²) in [6.45, 7) is 3.01. The van der Waals surface area contributed by atoms with Gasteiger partial charge in [-0.05, 0) is 37.5 Å². The summed E-state index contributed by atoms with van der Waals surface area (Å²) >= 11 is 6.08. The maximum absolute atomic E-state index is 6.08. The highest BCUT2D eigenvalue weighted by Gasteiger charge is 2.19. The number of H-pyrrole nitrogens is 1. The fraction of sp³-hybridized carbons (Fsp3) is 0.462. The summed E-state index contributed by atoms with van der Waals surface area (Å²) in [5, 5.41) is 4.27. The van der Waals surface area contributed by atoms with Crippen LogP contribution < -0.4 is 5.32 Å². The third-order valence-corrected chi connectivity index (χ3v) is 3.67. The number of halogens is 1. The van der Waals surface area contributed by atoms with E-state index in [2.05, 4.69) is 15.3 Å². The molecule has 1 aromatic carbocycles. The van der Waals surface area contributed by atoms with Gasteiger partial charge in [-0.1, -0.05) is 11.6 Å². The van der Waals surface area contributed by atoms with Gasteiger partial charge in [0.1, 0.15) is 5.82 Å². The van der Waals surface area contributed by atoms with Gasteiger partial charge >= 0.3 is 0 Å². The second kappa shape index (κ2) is 4.31. The molecule has 1 heterocycles. The minimum Gasteiger partial charge on any atom is -0.342 e. The lowest BCUT2D eigenvalue weighted by Gasteiger charge is -1.98. The lowest BCUT2D eigenvalue weighted by Crippen LogP contribution is -2.19. The van der Waals surface area contributed by atoms with Crippen molar-refractivity contribution in [3.05, 3.63) is 28.5 Å². The van der Waals surface area contributed by atoms with Crippen LogP contribution in [0.25, 0.3) is 11.0 Å². The van der Waals surface area contributed by atoms with Crippen molar-refractivity contribution in [1.82, 2.24) is 15.3 Å². The van der Waals surface area contributed by atoms with E-state index in [4.69, 9.17) is 11.6 Å². The van der Waals surface area contributed by atoms with E-state index in [1.807, 2.05) is 19.1 Å². The summed E-state index contributed by atoms with van der Waals surface area (Å²) in [6.07, 6.45) is 3.60. The number of rotatable bonds is 4. The molecule has 0 bridgehead atoms. The van der Waals surface area contributed by atoms with E-state index in [1.165, 1.54) is 12.8 Å². The maximum Gasteiger partial charge on any atom is 0.108 e. The van der Waals surface area contributed by atoms with E-state index >= 15 is 0 Å². The highest BCUT2D eigenvalue weighted by atomic mass is 35.5. The van der Waals surface area contributed by atoms with Crippen LogP contribution in [-0.2, 0) is 6.42 Å². The summed E-state index contributed by atoms with van der Waals surface area (Å²) in [7, 11) is 0. The monoisotopic (exact) mass is 249 g/mol. The summed E-state index contributed by atoms with van der Waals surface area (Å²) in [5.41, 5.74) is 3.13. The Labute approximate surface area is 106 Å². The Balaban J connectivity index is 1.78. The van der Waals surface area contributed by atoms with Gasteiger partial charge in [-0.3, -0.25) is 0 Å². The van der Waals surface area contributed by atoms with Gasteiger partial charge in [0.15, 0.2) is 0 Å². The first-order valence-corrected chi connectivity index (χ1v) is 6.49. The molecular weight excluding hydrogens is 234 g/mol. The molecule has 1 aliphatic carbocycles. The van der Waals surface area contributed by atoms with Gasteiger partial charge < -0.3 is 10.3 Å². The molecule has 0 aliphatic heterocycles. The van der Waals surface area contributed by atoms with Crippen LogP contribution in [0.4, 0.5) is 0 Å². The molecule has 0 unspecified atom stereocenters. The fourth-order valence-electron chi connectivity index (χ4n) is 2.04. The van der Waals surface area contributed by atoms with Crippen LogP contribution in [0.1, 0.15) is 24.2 Å². The molecule has 3 rings (SSSR count). The SMILES string of the molecule is Cc1c(Cl)ccc2[nH]c(CCNC3CC3)nc12. The first kappa shape index (κ1) is 11.1. The van der Waals surface area contributed by atoms with Crippen LogP contribution >= 0.6 is 11.6 Å². The molecule has 1 aliphatic rings. The molecule has 2 N–H and O–H groups in total. The summed E-state index contributed by atoms with van der Waals surface area (Å²) in [4.78, 5) is 7.96. The largest absolute Gasteiger partial charge is 0.342 e. The molecule has 1 aromatic heterocycles. The molecule has 3 nitrogen and oxygen atoms in total. The molecular formula is C13H16ClN3. The van der Waals surface area contributed by atoms with E-state index < -0.39 is 0 Å². The number of aryl methyl sites for hydroxylation is 1. The number of hydrogen-bond acceptors (Lipinski definition) is 2. The smallest absolute Gasteiger partial charge is 0.108 e. The topological polar surface area (TPSA) is 40.7 Å². The van der Waals surface area contributed by atoms with Crippen LogP contribution in [0.3, 0.4) is 0 Å². The number of nitrogens with zero attached hydrogens (tertiary/aromatic N) is 1. The maximum atomic E-state index is 6.08. The molecule has 0 spiro atoms. The van der Waals surface area contributed by atoms with Gasteiger partial charge in [-0.15, -0.1) is 0 Å². The molecule has 4 heteroatoms. The minimum atomic E-state index is 0.760. The second-order valence-corrected chi connectivity index (χ2v) is 5.14. The fourth-order valence-corrected chi connectivity index (χ4v) is 2.19. The van der Waals surface area contributed by atoms with Crippen molar-refractivity contribution in [2.45, 2.75) is 32.2 Å². The van der Waals surface area contributed by atoms with Gasteiger partial charge in [0.05, 0.1) is 11.0 Å². The molecule has 0 atom stereocenters. The lowest BCUT2D eigenvalue weighted by molar-refractivity contribution is 0.670. The zero-order valence-corrected chi connectivity index (χ0v) is 10.6. The van der Waals surface area contributed by atoms with Gasteiger partial charge in [0.2, 0.25) is 0 Å². The third kappa shape index (κ3) is 2.31. The van der Waals surface area contributed by atoms with Gasteiger partial charge in [0.25, 0.3) is 0 Å². The Morgan fingerprint density at radius 1 is 1.47 bits per heavy atom. The number of aromatic amines is 1. The molecule has 0 saturated heterocycles. The molecule has 0 amide bonds. The Hall–Kier alpha value is -1.06. The highest BCUT2D eigenvalue weighted by molar-refractivity contribution is 6.32. The van der Waals surface area contributed by atoms with Crippen LogP contribution in [-0.4, -0.2) is 22.6 Å². The number of nitrogens with one attached hydrogen (secondary N) is 2. The van der Waals surface area contributed by atoms with Crippen LogP contribution in [0.15, 0.2) is 12.1 Å². The summed E-state index contributed by atoms with van der Waals surface area (Å²) < 4.78 is 0. The Morgan fingerprint density at radius 2 is 2.29 bits per heavy atom.